The number of hydrogen-bond acceptors (Lipinski definition) is 19. The maximum atomic E-state index is 13.7. The first-order chi connectivity index (χ1) is 34.6. The summed E-state index contributed by atoms with van der Waals surface area (Å²) in [7, 11) is 1.47. The zero-order chi connectivity index (χ0) is 48.8. The minimum absolute atomic E-state index is 0.00521. The van der Waals surface area contributed by atoms with E-state index in [0.29, 0.717) is 130 Å². The molecular weight excluding hydrogens is 911 g/mol. The molecule has 0 aliphatic carbocycles. The van der Waals surface area contributed by atoms with Crippen molar-refractivity contribution in [2.24, 2.45) is 0 Å². The molecule has 2 aromatic carbocycles. The highest BCUT2D eigenvalue weighted by Gasteiger charge is 2.26. The normalized spacial score (nSPS) is 15.4. The number of rotatable bonds is 16. The molecule has 8 heterocycles. The lowest BCUT2D eigenvalue weighted by atomic mass is 9.97. The number of nitrogen functional groups attached to an aromatic ring is 2. The second-order valence-corrected chi connectivity index (χ2v) is 17.7. The van der Waals surface area contributed by atoms with E-state index >= 15 is 0 Å². The molecule has 0 spiro atoms. The van der Waals surface area contributed by atoms with Crippen LogP contribution in [0.25, 0.3) is 33.4 Å². The Kier molecular flexibility index (Phi) is 13.8. The van der Waals surface area contributed by atoms with Crippen molar-refractivity contribution < 1.29 is 28.3 Å². The summed E-state index contributed by atoms with van der Waals surface area (Å²) in [5.74, 6) is 1.31. The summed E-state index contributed by atoms with van der Waals surface area (Å²) in [6.45, 7) is 9.12. The molecule has 3 amide bonds. The number of carbonyl (C=O) groups excluding carboxylic acids is 3. The van der Waals surface area contributed by atoms with E-state index < -0.39 is 0 Å². The molecule has 2 saturated heterocycles. The molecule has 5 aromatic heterocycles. The largest absolute Gasteiger partial charge is 0.424 e. The van der Waals surface area contributed by atoms with Gasteiger partial charge in [0.2, 0.25) is 23.7 Å². The van der Waals surface area contributed by atoms with Gasteiger partial charge >= 0.3 is 0 Å². The van der Waals surface area contributed by atoms with Crippen LogP contribution in [0.3, 0.4) is 0 Å². The zero-order valence-electron chi connectivity index (χ0n) is 39.4. The first-order valence-corrected chi connectivity index (χ1v) is 23.7. The highest BCUT2D eigenvalue weighted by molar-refractivity contribution is 5.99. The highest BCUT2D eigenvalue weighted by Crippen LogP contribution is 2.33. The van der Waals surface area contributed by atoms with Crippen LogP contribution in [0.4, 0.5) is 23.7 Å². The number of nitrogens with one attached hydrogen (secondary N) is 1. The van der Waals surface area contributed by atoms with Crippen molar-refractivity contribution in [3.05, 3.63) is 95.3 Å². The molecule has 368 valence electrons. The number of carbonyl (C=O) groups is 3. The van der Waals surface area contributed by atoms with E-state index in [9.17, 15) is 14.4 Å². The van der Waals surface area contributed by atoms with Gasteiger partial charge in [-0.25, -0.2) is 34.6 Å². The number of benzene rings is 2. The molecule has 3 aliphatic rings. The summed E-state index contributed by atoms with van der Waals surface area (Å²) < 4.78 is 18.0. The van der Waals surface area contributed by atoms with Crippen LogP contribution in [-0.4, -0.2) is 169 Å². The van der Waals surface area contributed by atoms with Crippen molar-refractivity contribution in [2.75, 3.05) is 114 Å². The predicted molar refractivity (Wildman–Crippen MR) is 262 cm³/mol. The summed E-state index contributed by atoms with van der Waals surface area (Å²) >= 11 is 0. The topological polar surface area (TPSA) is 271 Å². The van der Waals surface area contributed by atoms with Crippen LogP contribution in [0, 0.1) is 0 Å². The summed E-state index contributed by atoms with van der Waals surface area (Å²) in [4.78, 5) is 79.7. The number of hydrogen-bond donors (Lipinski definition) is 3. The van der Waals surface area contributed by atoms with E-state index in [4.69, 9.17) is 30.5 Å². The fraction of sp³-hybridized carbons (Fsp3) is 0.396. The lowest BCUT2D eigenvalue weighted by Crippen LogP contribution is -2.49. The summed E-state index contributed by atoms with van der Waals surface area (Å²) in [5, 5.41) is 8.35. The number of fused-ring (bicyclic) bond motifs is 3. The Bertz CT molecular complexity index is 3020. The van der Waals surface area contributed by atoms with E-state index in [0.717, 1.165) is 55.0 Å². The second kappa shape index (κ2) is 21.0. The minimum Gasteiger partial charge on any atom is -0.424 e. The molecule has 2 fully saturated rings. The molecule has 5 N–H and O–H groups in total. The van der Waals surface area contributed by atoms with Crippen molar-refractivity contribution in [3.63, 3.8) is 0 Å². The van der Waals surface area contributed by atoms with Gasteiger partial charge in [0, 0.05) is 122 Å². The molecule has 0 radical (unpaired) electrons. The number of nitrogens with two attached hydrogens (primary N) is 2. The minimum atomic E-state index is -0.201. The van der Waals surface area contributed by atoms with Gasteiger partial charge in [-0.2, -0.15) is 10.1 Å². The van der Waals surface area contributed by atoms with Gasteiger partial charge in [0.05, 0.1) is 37.1 Å². The zero-order valence-corrected chi connectivity index (χ0v) is 39.4. The van der Waals surface area contributed by atoms with Gasteiger partial charge in [0.25, 0.3) is 11.9 Å². The Labute approximate surface area is 408 Å². The quantitative estimate of drug-likeness (QED) is 0.116. The summed E-state index contributed by atoms with van der Waals surface area (Å²) in [6.07, 6.45) is 9.14. The van der Waals surface area contributed by atoms with E-state index in [2.05, 4.69) is 73.1 Å². The SMILES string of the molecule is COCC(=O)NCc1cnc(N2CCN(C(=O)CCOCCN3CCN(c4ncc(C(=O)N5CCc6cc(Cn7nc(-c8ccc9oc(N)nc9c8)c8c(N)ncnc87)ccc6C5)cn4)CC3)CC2)nc1. The van der Waals surface area contributed by atoms with E-state index in [1.54, 1.807) is 30.9 Å². The molecule has 0 saturated carbocycles. The number of oxazole rings is 1. The Morgan fingerprint density at radius 3 is 2.28 bits per heavy atom. The highest BCUT2D eigenvalue weighted by atomic mass is 16.5. The molecule has 23 nitrogen and oxygen atoms in total. The molecule has 3 aliphatic heterocycles. The number of anilines is 4. The number of aromatic nitrogens is 9. The van der Waals surface area contributed by atoms with Gasteiger partial charge in [-0.05, 0) is 41.3 Å². The standard InChI is InChI=1S/C48H55N17O6/c1-69-29-39(66)51-22-32-23-52-47(53-24-32)63-15-13-61(14-16-63)40(67)7-18-70-19-17-60-9-11-62(12-10-60)48-54-25-36(26-55-48)45(68)64-8-6-33-20-31(2-3-35(33)28-64)27-65-44-41(43(49)56-30-57-44)42(59-65)34-4-5-38-37(21-34)58-46(50)71-38/h2-5,20-21,23-26,30H,6-19,22,27-29H2,1H3,(H2,50,58)(H,51,66)(H2,49,56,57). The van der Waals surface area contributed by atoms with Gasteiger partial charge < -0.3 is 50.3 Å². The number of ether oxygens (including phenoxy) is 2. The van der Waals surface area contributed by atoms with Crippen LogP contribution in [0.15, 0.2) is 71.9 Å². The summed E-state index contributed by atoms with van der Waals surface area (Å²) in [6, 6.07) is 12.0. The van der Waals surface area contributed by atoms with Crippen molar-refractivity contribution in [2.45, 2.75) is 32.5 Å². The molecule has 23 heteroatoms. The predicted octanol–water partition coefficient (Wildman–Crippen LogP) is 1.77. The monoisotopic (exact) mass is 965 g/mol. The number of nitrogens with zero attached hydrogens (tertiary/aromatic N) is 14. The van der Waals surface area contributed by atoms with Crippen molar-refractivity contribution in [1.29, 1.82) is 0 Å². The van der Waals surface area contributed by atoms with Crippen molar-refractivity contribution in [1.82, 2.24) is 64.7 Å². The van der Waals surface area contributed by atoms with E-state index in [1.807, 2.05) is 26.6 Å². The fourth-order valence-corrected chi connectivity index (χ4v) is 9.19. The second-order valence-electron chi connectivity index (χ2n) is 17.7. The lowest BCUT2D eigenvalue weighted by Gasteiger charge is -2.35. The molecule has 10 rings (SSSR count). The van der Waals surface area contributed by atoms with Crippen LogP contribution in [0.2, 0.25) is 0 Å². The smallest absolute Gasteiger partial charge is 0.292 e. The van der Waals surface area contributed by atoms with Gasteiger partial charge in [-0.15, -0.1) is 0 Å². The fourth-order valence-electron chi connectivity index (χ4n) is 9.19. The molecule has 0 atom stereocenters. The molecule has 71 heavy (non-hydrogen) atoms. The Morgan fingerprint density at radius 2 is 1.52 bits per heavy atom. The first-order valence-electron chi connectivity index (χ1n) is 23.7. The Balaban J connectivity index is 0.639. The van der Waals surface area contributed by atoms with Crippen LogP contribution in [-0.2, 0) is 45.1 Å². The third kappa shape index (κ3) is 10.7. The van der Waals surface area contributed by atoms with E-state index in [1.165, 1.54) is 19.0 Å². The van der Waals surface area contributed by atoms with E-state index in [-0.39, 0.29) is 30.3 Å². The Morgan fingerprint density at radius 1 is 0.775 bits per heavy atom. The average Bonchev–Trinajstić information content (AvgIpc) is 3.97. The number of piperazine rings is 2. The van der Waals surface area contributed by atoms with Gasteiger partial charge in [-0.3, -0.25) is 19.3 Å². The van der Waals surface area contributed by atoms with Crippen LogP contribution >= 0.6 is 0 Å². The molecule has 7 aromatic rings. The summed E-state index contributed by atoms with van der Waals surface area (Å²) in [5.41, 5.74) is 20.0. The van der Waals surface area contributed by atoms with Crippen LogP contribution in [0.1, 0.15) is 39.0 Å². The third-order valence-corrected chi connectivity index (χ3v) is 13.1. The number of methoxy groups -OCH3 is 1. The molecular formula is C48H55N17O6. The maximum Gasteiger partial charge on any atom is 0.292 e. The average molecular weight is 966 g/mol. The Hall–Kier alpha value is -7.89. The first kappa shape index (κ1) is 46.8. The lowest BCUT2D eigenvalue weighted by molar-refractivity contribution is -0.132. The number of amides is 3. The van der Waals surface area contributed by atoms with Gasteiger partial charge in [-0.1, -0.05) is 18.2 Å². The third-order valence-electron chi connectivity index (χ3n) is 13.1. The van der Waals surface area contributed by atoms with Gasteiger partial charge in [0.1, 0.15) is 30.0 Å². The molecule has 0 unspecified atom stereocenters. The maximum absolute atomic E-state index is 13.7. The molecule has 0 bridgehead atoms. The van der Waals surface area contributed by atoms with Crippen molar-refractivity contribution >= 4 is 63.6 Å². The van der Waals surface area contributed by atoms with Crippen molar-refractivity contribution in [3.8, 4) is 11.3 Å². The van der Waals surface area contributed by atoms with Gasteiger partial charge in [0.15, 0.2) is 11.2 Å². The van der Waals surface area contributed by atoms with Crippen LogP contribution < -0.4 is 26.6 Å². The van der Waals surface area contributed by atoms with Crippen LogP contribution in [0.5, 0.6) is 0 Å².